The zero-order chi connectivity index (χ0) is 31.6. The summed E-state index contributed by atoms with van der Waals surface area (Å²) in [6, 6.07) is 12.7. The molecule has 0 aromatic heterocycles. The third kappa shape index (κ3) is 7.16. The van der Waals surface area contributed by atoms with Crippen LogP contribution in [0.25, 0.3) is 0 Å². The number of aryl methyl sites for hydroxylation is 1. The summed E-state index contributed by atoms with van der Waals surface area (Å²) in [5.74, 6) is -2.76. The zero-order valence-corrected chi connectivity index (χ0v) is 23.6. The van der Waals surface area contributed by atoms with Crippen LogP contribution in [0.4, 0.5) is 39.0 Å². The number of hydrogen-bond donors (Lipinski definition) is 2. The van der Waals surface area contributed by atoms with Crippen molar-refractivity contribution in [2.75, 3.05) is 25.5 Å². The van der Waals surface area contributed by atoms with E-state index in [1.54, 1.807) is 24.1 Å². The number of fused-ring (bicyclic) bond motifs is 2. The number of piperazine rings is 1. The van der Waals surface area contributed by atoms with Crippen LogP contribution < -0.4 is 5.32 Å². The maximum absolute atomic E-state index is 14.3. The summed E-state index contributed by atoms with van der Waals surface area (Å²) in [6.07, 6.45) is -5.35. The fraction of sp³-hybridized carbons (Fsp3) is 0.323. The first-order valence-electron chi connectivity index (χ1n) is 13.9. The Morgan fingerprint density at radius 2 is 1.68 bits per heavy atom. The Hall–Kier alpha value is -4.52. The summed E-state index contributed by atoms with van der Waals surface area (Å²) in [4.78, 5) is 31.8. The third-order valence-corrected chi connectivity index (χ3v) is 7.67. The molecular weight excluding hydrogens is 587 g/mol. The molecule has 5 rings (SSSR count). The number of aliphatic carboxylic acids is 1. The molecule has 13 heteroatoms. The van der Waals surface area contributed by atoms with Gasteiger partial charge in [0.1, 0.15) is 17.5 Å². The fourth-order valence-corrected chi connectivity index (χ4v) is 5.28. The predicted molar refractivity (Wildman–Crippen MR) is 152 cm³/mol. The first kappa shape index (κ1) is 30.9. The molecule has 0 spiro atoms. The minimum atomic E-state index is -4.65. The number of alkyl halides is 3. The lowest BCUT2D eigenvalue weighted by Crippen LogP contribution is -2.60. The Morgan fingerprint density at radius 1 is 0.977 bits per heavy atom. The van der Waals surface area contributed by atoms with Crippen molar-refractivity contribution in [3.05, 3.63) is 89.0 Å². The lowest BCUT2D eigenvalue weighted by molar-refractivity contribution is -0.167. The lowest BCUT2D eigenvalue weighted by Gasteiger charge is -2.45. The van der Waals surface area contributed by atoms with Crippen LogP contribution in [-0.2, 0) is 26.9 Å². The van der Waals surface area contributed by atoms with Crippen molar-refractivity contribution >= 4 is 34.8 Å². The summed E-state index contributed by atoms with van der Waals surface area (Å²) in [6.45, 7) is 0.238. The number of hydrogen-bond acceptors (Lipinski definition) is 7. The van der Waals surface area contributed by atoms with E-state index in [0.29, 0.717) is 24.2 Å². The van der Waals surface area contributed by atoms with E-state index in [9.17, 15) is 31.5 Å². The van der Waals surface area contributed by atoms with Gasteiger partial charge in [0.15, 0.2) is 6.23 Å². The van der Waals surface area contributed by atoms with Gasteiger partial charge in [0, 0.05) is 29.9 Å². The molecule has 2 aliphatic rings. The van der Waals surface area contributed by atoms with Gasteiger partial charge in [-0.1, -0.05) is 12.1 Å². The molecule has 0 amide bonds. The van der Waals surface area contributed by atoms with Crippen molar-refractivity contribution in [3.8, 4) is 0 Å². The molecule has 3 aromatic rings. The van der Waals surface area contributed by atoms with Crippen molar-refractivity contribution in [2.24, 2.45) is 4.99 Å². The Labute approximate surface area is 249 Å². The van der Waals surface area contributed by atoms with E-state index in [0.717, 1.165) is 17.7 Å². The number of ether oxygens (including phenoxy) is 1. The number of carbonyl (C=O) groups excluding carboxylic acids is 1. The number of amidine groups is 1. The smallest absolute Gasteiger partial charge is 0.416 e. The van der Waals surface area contributed by atoms with E-state index in [-0.39, 0.29) is 48.5 Å². The summed E-state index contributed by atoms with van der Waals surface area (Å²) in [7, 11) is 1.73. The number of carbonyl (C=O) groups is 2. The van der Waals surface area contributed by atoms with Crippen molar-refractivity contribution in [1.82, 2.24) is 9.80 Å². The SMILES string of the molecule is CN1C(OC(=O)CCC(=O)O)CN(C2=Nc3cc(F)ccc3Nc3ccc(C(F)(F)F)cc32)C[C@@H]1CCc1ccc(F)cc1. The normalized spacial score (nSPS) is 18.4. The van der Waals surface area contributed by atoms with E-state index >= 15 is 0 Å². The average molecular weight is 617 g/mol. The third-order valence-electron chi connectivity index (χ3n) is 7.67. The van der Waals surface area contributed by atoms with Crippen LogP contribution in [0.1, 0.15) is 36.0 Å². The number of esters is 1. The van der Waals surface area contributed by atoms with Gasteiger partial charge in [-0.05, 0) is 67.9 Å². The van der Waals surface area contributed by atoms with Gasteiger partial charge < -0.3 is 20.1 Å². The molecule has 1 fully saturated rings. The van der Waals surface area contributed by atoms with Crippen molar-refractivity contribution < 1.29 is 41.4 Å². The number of benzene rings is 3. The lowest BCUT2D eigenvalue weighted by atomic mass is 10.00. The highest BCUT2D eigenvalue weighted by molar-refractivity contribution is 6.08. The Kier molecular flexibility index (Phi) is 8.86. The van der Waals surface area contributed by atoms with E-state index in [1.807, 2.05) is 4.90 Å². The maximum atomic E-state index is 14.3. The molecule has 0 saturated carbocycles. The van der Waals surface area contributed by atoms with Crippen molar-refractivity contribution in [3.63, 3.8) is 0 Å². The van der Waals surface area contributed by atoms with Crippen LogP contribution in [0, 0.1) is 11.6 Å². The second-order valence-electron chi connectivity index (χ2n) is 10.7. The molecule has 1 saturated heterocycles. The zero-order valence-electron chi connectivity index (χ0n) is 23.6. The molecule has 2 atom stereocenters. The average Bonchev–Trinajstić information content (AvgIpc) is 3.13. The highest BCUT2D eigenvalue weighted by Crippen LogP contribution is 2.39. The van der Waals surface area contributed by atoms with Gasteiger partial charge in [0.05, 0.1) is 36.3 Å². The summed E-state index contributed by atoms with van der Waals surface area (Å²) in [5.41, 5.74) is 0.949. The predicted octanol–water partition coefficient (Wildman–Crippen LogP) is 6.10. The number of carboxylic acids is 1. The van der Waals surface area contributed by atoms with Gasteiger partial charge in [0.2, 0.25) is 0 Å². The van der Waals surface area contributed by atoms with Gasteiger partial charge in [-0.15, -0.1) is 0 Å². The number of rotatable bonds is 7. The van der Waals surface area contributed by atoms with Gasteiger partial charge in [-0.2, -0.15) is 13.2 Å². The minimum absolute atomic E-state index is 0.0124. The number of halogens is 5. The van der Waals surface area contributed by atoms with Crippen LogP contribution in [0.2, 0.25) is 0 Å². The molecule has 2 aliphatic heterocycles. The number of likely N-dealkylation sites (N-methyl/N-ethyl adjacent to an activating group) is 1. The van der Waals surface area contributed by atoms with Crippen LogP contribution in [0.15, 0.2) is 65.7 Å². The maximum Gasteiger partial charge on any atom is 0.416 e. The molecule has 2 heterocycles. The molecule has 3 aromatic carbocycles. The molecule has 1 unspecified atom stereocenters. The van der Waals surface area contributed by atoms with Crippen LogP contribution in [0.3, 0.4) is 0 Å². The molecule has 0 aliphatic carbocycles. The number of carboxylic acid groups (broad SMARTS) is 1. The molecule has 232 valence electrons. The Morgan fingerprint density at radius 3 is 2.39 bits per heavy atom. The molecular formula is C31H29F5N4O4. The van der Waals surface area contributed by atoms with Crippen molar-refractivity contribution in [1.29, 1.82) is 0 Å². The van der Waals surface area contributed by atoms with Crippen LogP contribution in [0.5, 0.6) is 0 Å². The standard InChI is InChI=1S/C31H29F5N4O4/c1-39-22(9-4-18-2-6-20(32)7-3-18)16-40(17-27(39)44-29(43)13-12-28(41)42)30-23-14-19(31(34,35)36)5-10-24(23)37-25-11-8-21(33)15-26(25)38-30/h2-3,5-8,10-11,14-15,22,27,37H,4,9,12-13,16-17H2,1H3,(H,41,42)/t22-,27?/m0/s1. The number of aliphatic imine (C=N–C) groups is 1. The van der Waals surface area contributed by atoms with Gasteiger partial charge in [-0.3, -0.25) is 14.5 Å². The number of anilines is 2. The van der Waals surface area contributed by atoms with E-state index < -0.39 is 42.1 Å². The van der Waals surface area contributed by atoms with Crippen molar-refractivity contribution in [2.45, 2.75) is 44.1 Å². The second-order valence-corrected chi connectivity index (χ2v) is 10.7. The summed E-state index contributed by atoms with van der Waals surface area (Å²) in [5, 5.41) is 12.1. The quantitative estimate of drug-likeness (QED) is 0.245. The highest BCUT2D eigenvalue weighted by Gasteiger charge is 2.38. The molecule has 44 heavy (non-hydrogen) atoms. The first-order chi connectivity index (χ1) is 20.9. The topological polar surface area (TPSA) is 94.5 Å². The Balaban J connectivity index is 1.53. The molecule has 8 nitrogen and oxygen atoms in total. The first-order valence-corrected chi connectivity index (χ1v) is 13.9. The number of nitrogens with one attached hydrogen (secondary N) is 1. The number of nitrogens with zero attached hydrogens (tertiary/aromatic N) is 3. The van der Waals surface area contributed by atoms with Gasteiger partial charge >= 0.3 is 18.1 Å². The van der Waals surface area contributed by atoms with E-state index in [1.165, 1.54) is 36.4 Å². The minimum Gasteiger partial charge on any atom is -0.481 e. The van der Waals surface area contributed by atoms with Crippen LogP contribution in [-0.4, -0.2) is 65.1 Å². The summed E-state index contributed by atoms with van der Waals surface area (Å²) >= 11 is 0. The second kappa shape index (κ2) is 12.6. The van der Waals surface area contributed by atoms with Gasteiger partial charge in [0.25, 0.3) is 0 Å². The highest BCUT2D eigenvalue weighted by atomic mass is 19.4. The van der Waals surface area contributed by atoms with E-state index in [4.69, 9.17) is 9.84 Å². The van der Waals surface area contributed by atoms with Crippen LogP contribution >= 0.6 is 0 Å². The molecule has 2 N–H and O–H groups in total. The van der Waals surface area contributed by atoms with E-state index in [2.05, 4.69) is 10.3 Å². The fourth-order valence-electron chi connectivity index (χ4n) is 5.28. The monoisotopic (exact) mass is 616 g/mol. The molecule has 0 bridgehead atoms. The summed E-state index contributed by atoms with van der Waals surface area (Å²) < 4.78 is 74.9. The van der Waals surface area contributed by atoms with Gasteiger partial charge in [-0.25, -0.2) is 13.8 Å². The largest absolute Gasteiger partial charge is 0.481 e. The molecule has 0 radical (unpaired) electrons. The Bertz CT molecular complexity index is 1580.